The van der Waals surface area contributed by atoms with Crippen molar-refractivity contribution >= 4 is 28.3 Å². The van der Waals surface area contributed by atoms with Gasteiger partial charge >= 0.3 is 0 Å². The molecule has 7 heteroatoms. The summed E-state index contributed by atoms with van der Waals surface area (Å²) in [6.07, 6.45) is 8.44. The van der Waals surface area contributed by atoms with E-state index in [2.05, 4.69) is 60.3 Å². The smallest absolute Gasteiger partial charge is 0.142 e. The second-order valence-electron chi connectivity index (χ2n) is 8.62. The minimum atomic E-state index is 0.689. The Labute approximate surface area is 181 Å². The van der Waals surface area contributed by atoms with Gasteiger partial charge in [-0.2, -0.15) is 0 Å². The van der Waals surface area contributed by atoms with E-state index in [0.29, 0.717) is 5.92 Å². The lowest BCUT2D eigenvalue weighted by atomic mass is 10.1. The van der Waals surface area contributed by atoms with Crippen LogP contribution in [0.3, 0.4) is 0 Å². The summed E-state index contributed by atoms with van der Waals surface area (Å²) in [5.74, 6) is 2.98. The van der Waals surface area contributed by atoms with E-state index in [0.717, 1.165) is 69.5 Å². The zero-order valence-electron chi connectivity index (χ0n) is 17.7. The Hall–Kier alpha value is -3.06. The lowest BCUT2D eigenvalue weighted by Crippen LogP contribution is -2.47. The molecular weight excluding hydrogens is 388 g/mol. The van der Waals surface area contributed by atoms with Crippen LogP contribution in [0.25, 0.3) is 16.7 Å². The summed E-state index contributed by atoms with van der Waals surface area (Å²) in [4.78, 5) is 14.3. The molecule has 0 saturated carbocycles. The predicted octanol–water partition coefficient (Wildman–Crippen LogP) is 3.44. The van der Waals surface area contributed by atoms with Crippen LogP contribution in [-0.2, 0) is 11.3 Å². The molecule has 1 atom stereocenters. The molecule has 0 radical (unpaired) electrons. The molecular formula is C24H28N6O. The number of nitrogens with zero attached hydrogens (tertiary/aromatic N) is 6. The molecule has 2 aliphatic heterocycles. The molecule has 0 bridgehead atoms. The average Bonchev–Trinajstić information content (AvgIpc) is 3.58. The van der Waals surface area contributed by atoms with Crippen molar-refractivity contribution in [1.29, 1.82) is 0 Å². The summed E-state index contributed by atoms with van der Waals surface area (Å²) in [5, 5.41) is 1.22. The highest BCUT2D eigenvalue weighted by atomic mass is 16.5. The van der Waals surface area contributed by atoms with Gasteiger partial charge in [-0.3, -0.25) is 4.40 Å². The maximum absolute atomic E-state index is 5.53. The molecule has 0 aromatic carbocycles. The molecule has 7 nitrogen and oxygen atoms in total. The van der Waals surface area contributed by atoms with Crippen LogP contribution in [0.4, 0.5) is 11.6 Å². The number of aryl methyl sites for hydroxylation is 1. The molecule has 0 spiro atoms. The highest BCUT2D eigenvalue weighted by molar-refractivity contribution is 5.78. The zero-order chi connectivity index (χ0) is 20.6. The van der Waals surface area contributed by atoms with E-state index in [4.69, 9.17) is 9.72 Å². The molecule has 2 saturated heterocycles. The summed E-state index contributed by atoms with van der Waals surface area (Å²) in [5.41, 5.74) is 2.10. The molecule has 4 aromatic heterocycles. The van der Waals surface area contributed by atoms with Gasteiger partial charge in [-0.1, -0.05) is 6.07 Å². The fraction of sp³-hybridized carbons (Fsp3) is 0.417. The quantitative estimate of drug-likeness (QED) is 0.499. The molecule has 160 valence electrons. The average molecular weight is 417 g/mol. The normalized spacial score (nSPS) is 19.7. The van der Waals surface area contributed by atoms with Crippen LogP contribution in [0.15, 0.2) is 55.0 Å². The van der Waals surface area contributed by atoms with Crippen LogP contribution in [0.5, 0.6) is 0 Å². The number of anilines is 2. The van der Waals surface area contributed by atoms with Gasteiger partial charge in [0.15, 0.2) is 0 Å². The van der Waals surface area contributed by atoms with E-state index >= 15 is 0 Å². The first-order chi connectivity index (χ1) is 15.3. The van der Waals surface area contributed by atoms with Gasteiger partial charge in [0.2, 0.25) is 0 Å². The van der Waals surface area contributed by atoms with Crippen molar-refractivity contribution in [3.05, 3.63) is 55.0 Å². The maximum atomic E-state index is 5.53. The Morgan fingerprint density at radius 2 is 1.87 bits per heavy atom. The summed E-state index contributed by atoms with van der Waals surface area (Å²) >= 11 is 0. The minimum absolute atomic E-state index is 0.689. The van der Waals surface area contributed by atoms with Gasteiger partial charge in [0.25, 0.3) is 0 Å². The third-order valence-corrected chi connectivity index (χ3v) is 6.73. The van der Waals surface area contributed by atoms with Crippen LogP contribution >= 0.6 is 0 Å². The minimum Gasteiger partial charge on any atom is -0.381 e. The second-order valence-corrected chi connectivity index (χ2v) is 8.62. The Morgan fingerprint density at radius 3 is 2.74 bits per heavy atom. The summed E-state index contributed by atoms with van der Waals surface area (Å²) in [7, 11) is 0. The number of aromatic nitrogens is 4. The first-order valence-electron chi connectivity index (χ1n) is 11.3. The van der Waals surface area contributed by atoms with E-state index in [-0.39, 0.29) is 0 Å². The molecule has 6 rings (SSSR count). The standard InChI is InChI=1S/C24H28N6O/c1-2-21-25-9-12-30(21)23(3-1)28-15-13-27(14-16-28)22-5-4-20-7-11-29(24(20)26-22)10-6-19-8-17-31-18-19/h1-5,7,9,11-12,19H,6,8,10,13-18H2. The van der Waals surface area contributed by atoms with Crippen LogP contribution in [0.2, 0.25) is 0 Å². The van der Waals surface area contributed by atoms with E-state index < -0.39 is 0 Å². The number of rotatable bonds is 5. The van der Waals surface area contributed by atoms with Crippen molar-refractivity contribution in [1.82, 2.24) is 18.9 Å². The molecule has 2 fully saturated rings. The lowest BCUT2D eigenvalue weighted by molar-refractivity contribution is 0.183. The van der Waals surface area contributed by atoms with Crippen molar-refractivity contribution in [3.63, 3.8) is 0 Å². The number of ether oxygens (including phenoxy) is 1. The SMILES string of the molecule is c1cc(N2CCN(c3ccc4ccn(CCC5CCOC5)c4n3)CC2)n2ccnc2c1. The van der Waals surface area contributed by atoms with Gasteiger partial charge in [0, 0.05) is 69.9 Å². The maximum Gasteiger partial charge on any atom is 0.142 e. The fourth-order valence-electron chi connectivity index (χ4n) is 4.89. The van der Waals surface area contributed by atoms with Crippen LogP contribution in [0, 0.1) is 5.92 Å². The van der Waals surface area contributed by atoms with E-state index in [1.165, 1.54) is 17.6 Å². The summed E-state index contributed by atoms with van der Waals surface area (Å²) in [6, 6.07) is 12.9. The van der Waals surface area contributed by atoms with E-state index in [9.17, 15) is 0 Å². The van der Waals surface area contributed by atoms with Crippen molar-refractivity contribution in [3.8, 4) is 0 Å². The number of hydrogen-bond donors (Lipinski definition) is 0. The number of fused-ring (bicyclic) bond motifs is 2. The molecule has 0 N–H and O–H groups in total. The molecule has 0 aliphatic carbocycles. The van der Waals surface area contributed by atoms with Gasteiger partial charge in [-0.15, -0.1) is 0 Å². The van der Waals surface area contributed by atoms with Gasteiger partial charge in [0.05, 0.1) is 0 Å². The molecule has 6 heterocycles. The van der Waals surface area contributed by atoms with Gasteiger partial charge in [-0.05, 0) is 49.1 Å². The zero-order valence-corrected chi connectivity index (χ0v) is 17.7. The van der Waals surface area contributed by atoms with Gasteiger partial charge in [-0.25, -0.2) is 9.97 Å². The molecule has 1 unspecified atom stereocenters. The first kappa shape index (κ1) is 18.7. The third kappa shape index (κ3) is 3.53. The molecule has 4 aromatic rings. The Bertz CT molecular complexity index is 1180. The number of imidazole rings is 1. The molecule has 0 amide bonds. The highest BCUT2D eigenvalue weighted by Gasteiger charge is 2.21. The predicted molar refractivity (Wildman–Crippen MR) is 123 cm³/mol. The van der Waals surface area contributed by atoms with Gasteiger partial charge < -0.3 is 19.1 Å². The van der Waals surface area contributed by atoms with Gasteiger partial charge in [0.1, 0.15) is 22.9 Å². The van der Waals surface area contributed by atoms with Crippen LogP contribution < -0.4 is 9.80 Å². The Kier molecular flexibility index (Phi) is 4.76. The second kappa shape index (κ2) is 7.89. The monoisotopic (exact) mass is 416 g/mol. The first-order valence-corrected chi connectivity index (χ1v) is 11.3. The number of hydrogen-bond acceptors (Lipinski definition) is 5. The van der Waals surface area contributed by atoms with Crippen molar-refractivity contribution < 1.29 is 4.74 Å². The van der Waals surface area contributed by atoms with Crippen molar-refractivity contribution in [2.45, 2.75) is 19.4 Å². The topological polar surface area (TPSA) is 50.8 Å². The number of pyridine rings is 2. The number of piperazine rings is 1. The van der Waals surface area contributed by atoms with E-state index in [1.807, 2.05) is 18.5 Å². The molecule has 31 heavy (non-hydrogen) atoms. The highest BCUT2D eigenvalue weighted by Crippen LogP contribution is 2.24. The summed E-state index contributed by atoms with van der Waals surface area (Å²) in [6.45, 7) is 6.71. The molecule has 2 aliphatic rings. The van der Waals surface area contributed by atoms with Crippen molar-refractivity contribution in [2.24, 2.45) is 5.92 Å². The van der Waals surface area contributed by atoms with E-state index in [1.54, 1.807) is 0 Å². The summed E-state index contributed by atoms with van der Waals surface area (Å²) < 4.78 is 10.0. The Balaban J connectivity index is 1.17. The van der Waals surface area contributed by atoms with Crippen molar-refractivity contribution in [2.75, 3.05) is 49.2 Å². The lowest BCUT2D eigenvalue weighted by Gasteiger charge is -2.36. The van der Waals surface area contributed by atoms with Crippen LogP contribution in [0.1, 0.15) is 12.8 Å². The largest absolute Gasteiger partial charge is 0.381 e. The van der Waals surface area contributed by atoms with Crippen LogP contribution in [-0.4, -0.2) is 58.3 Å². The fourth-order valence-corrected chi connectivity index (χ4v) is 4.89. The Morgan fingerprint density at radius 1 is 0.968 bits per heavy atom. The third-order valence-electron chi connectivity index (χ3n) is 6.73.